The van der Waals surface area contributed by atoms with Crippen LogP contribution in [-0.4, -0.2) is 12.0 Å². The second-order valence-corrected chi connectivity index (χ2v) is 4.62. The molecule has 2 nitrogen and oxygen atoms in total. The molecular formula is C14H10F6N2. The number of hydrogen-bond acceptors (Lipinski definition) is 2. The molecule has 0 aliphatic rings. The number of rotatable bonds is 3. The highest BCUT2D eigenvalue weighted by Gasteiger charge is 2.27. The van der Waals surface area contributed by atoms with Gasteiger partial charge in [0.1, 0.15) is 17.3 Å². The summed E-state index contributed by atoms with van der Waals surface area (Å²) in [5.41, 5.74) is -1.28. The van der Waals surface area contributed by atoms with Crippen LogP contribution in [-0.2, 0) is 0 Å². The molecule has 8 heteroatoms. The van der Waals surface area contributed by atoms with Crippen molar-refractivity contribution < 1.29 is 26.3 Å². The summed E-state index contributed by atoms with van der Waals surface area (Å²) in [4.78, 5) is 3.20. The molecule has 2 rings (SSSR count). The van der Waals surface area contributed by atoms with E-state index in [-0.39, 0.29) is 5.56 Å². The summed E-state index contributed by atoms with van der Waals surface area (Å²) in [6.45, 7) is 1.30. The van der Waals surface area contributed by atoms with E-state index in [1.807, 2.05) is 0 Å². The summed E-state index contributed by atoms with van der Waals surface area (Å²) in [6, 6.07) is 1.45. The molecule has 1 aromatic carbocycles. The largest absolute Gasteiger partial charge is 0.363 e. The number of aromatic nitrogens is 1. The van der Waals surface area contributed by atoms with Crippen LogP contribution in [0.1, 0.15) is 18.5 Å². The monoisotopic (exact) mass is 320 g/mol. The first-order chi connectivity index (χ1) is 10.2. The Bertz CT molecular complexity index is 693. The highest BCUT2D eigenvalue weighted by molar-refractivity contribution is 5.50. The Morgan fingerprint density at radius 2 is 1.50 bits per heavy atom. The number of halogens is 6. The third kappa shape index (κ3) is 2.72. The Hall–Kier alpha value is -2.25. The fraction of sp³-hybridized carbons (Fsp3) is 0.214. The van der Waals surface area contributed by atoms with Crippen LogP contribution in [0.4, 0.5) is 32.0 Å². The first-order valence-electron chi connectivity index (χ1n) is 6.11. The molecule has 0 N–H and O–H groups in total. The van der Waals surface area contributed by atoms with E-state index in [9.17, 15) is 26.3 Å². The van der Waals surface area contributed by atoms with Gasteiger partial charge in [-0.1, -0.05) is 0 Å². The van der Waals surface area contributed by atoms with Gasteiger partial charge in [-0.25, -0.2) is 8.78 Å². The third-order valence-electron chi connectivity index (χ3n) is 3.32. The minimum atomic E-state index is -1.83. The van der Waals surface area contributed by atoms with Gasteiger partial charge in [-0.3, -0.25) is 0 Å². The summed E-state index contributed by atoms with van der Waals surface area (Å²) in [7, 11) is 1.09. The van der Waals surface area contributed by atoms with Gasteiger partial charge >= 0.3 is 0 Å². The van der Waals surface area contributed by atoms with Crippen molar-refractivity contribution >= 4 is 5.69 Å². The minimum absolute atomic E-state index is 0.223. The van der Waals surface area contributed by atoms with Gasteiger partial charge in [0.05, 0.1) is 6.04 Å². The van der Waals surface area contributed by atoms with Crippen molar-refractivity contribution in [2.24, 2.45) is 0 Å². The van der Waals surface area contributed by atoms with E-state index < -0.39 is 46.9 Å². The van der Waals surface area contributed by atoms with Crippen LogP contribution in [0, 0.1) is 35.2 Å². The highest BCUT2D eigenvalue weighted by atomic mass is 19.2. The molecule has 1 aromatic heterocycles. The van der Waals surface area contributed by atoms with Crippen LogP contribution in [0.3, 0.4) is 0 Å². The van der Waals surface area contributed by atoms with Crippen molar-refractivity contribution in [3.05, 3.63) is 58.9 Å². The van der Waals surface area contributed by atoms with Crippen molar-refractivity contribution in [3.63, 3.8) is 0 Å². The zero-order valence-corrected chi connectivity index (χ0v) is 11.5. The number of hydrogen-bond donors (Lipinski definition) is 0. The lowest BCUT2D eigenvalue weighted by molar-refractivity contribution is 0.404. The fourth-order valence-electron chi connectivity index (χ4n) is 2.02. The van der Waals surface area contributed by atoms with Crippen LogP contribution in [0.15, 0.2) is 18.2 Å². The van der Waals surface area contributed by atoms with E-state index >= 15 is 0 Å². The molecule has 0 amide bonds. The van der Waals surface area contributed by atoms with Crippen LogP contribution >= 0.6 is 0 Å². The molecule has 1 unspecified atom stereocenters. The second kappa shape index (κ2) is 5.86. The van der Waals surface area contributed by atoms with E-state index in [4.69, 9.17) is 0 Å². The van der Waals surface area contributed by atoms with Crippen molar-refractivity contribution in [2.45, 2.75) is 13.0 Å². The average molecular weight is 320 g/mol. The van der Waals surface area contributed by atoms with Crippen molar-refractivity contribution in [1.82, 2.24) is 4.98 Å². The van der Waals surface area contributed by atoms with E-state index in [2.05, 4.69) is 4.98 Å². The van der Waals surface area contributed by atoms with Gasteiger partial charge in [-0.05, 0) is 25.1 Å². The van der Waals surface area contributed by atoms with E-state index in [0.29, 0.717) is 0 Å². The van der Waals surface area contributed by atoms with Crippen molar-refractivity contribution in [1.29, 1.82) is 0 Å². The predicted octanol–water partition coefficient (Wildman–Crippen LogP) is 4.11. The molecule has 0 bridgehead atoms. The molecule has 0 aliphatic carbocycles. The summed E-state index contributed by atoms with van der Waals surface area (Å²) < 4.78 is 80.6. The molecule has 1 atom stereocenters. The van der Waals surface area contributed by atoms with E-state index in [1.54, 1.807) is 0 Å². The Labute approximate surface area is 122 Å². The van der Waals surface area contributed by atoms with Gasteiger partial charge in [-0.15, -0.1) is 0 Å². The van der Waals surface area contributed by atoms with Gasteiger partial charge in [0.15, 0.2) is 0 Å². The molecule has 0 spiro atoms. The minimum Gasteiger partial charge on any atom is -0.363 e. The fourth-order valence-corrected chi connectivity index (χ4v) is 2.02. The normalized spacial score (nSPS) is 12.4. The van der Waals surface area contributed by atoms with Gasteiger partial charge in [0.2, 0.25) is 11.6 Å². The third-order valence-corrected chi connectivity index (χ3v) is 3.32. The lowest BCUT2D eigenvalue weighted by Crippen LogP contribution is -2.26. The molecule has 0 fully saturated rings. The molecule has 22 heavy (non-hydrogen) atoms. The molecule has 0 radical (unpaired) electrons. The van der Waals surface area contributed by atoms with Crippen LogP contribution in [0.2, 0.25) is 0 Å². The highest BCUT2D eigenvalue weighted by Crippen LogP contribution is 2.32. The standard InChI is InChI=1S/C14H10F6N2/c1-6(8-5-7(15)3-4-9(8)16)22(2)12-10(17)13(19)21-14(20)11(12)18/h3-6H,1-2H3. The van der Waals surface area contributed by atoms with E-state index in [1.165, 1.54) is 6.92 Å². The van der Waals surface area contributed by atoms with Gasteiger partial charge < -0.3 is 4.90 Å². The first-order valence-corrected chi connectivity index (χ1v) is 6.11. The summed E-state index contributed by atoms with van der Waals surface area (Å²) in [5, 5.41) is 0. The smallest absolute Gasteiger partial charge is 0.253 e. The SMILES string of the molecule is CC(c1cc(F)ccc1F)N(C)c1c(F)c(F)nc(F)c1F. The molecular weight excluding hydrogens is 310 g/mol. The lowest BCUT2D eigenvalue weighted by atomic mass is 10.1. The first kappa shape index (κ1) is 16.1. The molecule has 0 saturated carbocycles. The lowest BCUT2D eigenvalue weighted by Gasteiger charge is -2.28. The van der Waals surface area contributed by atoms with Crippen molar-refractivity contribution in [2.75, 3.05) is 11.9 Å². The average Bonchev–Trinajstić information content (AvgIpc) is 2.47. The van der Waals surface area contributed by atoms with Crippen LogP contribution in [0.5, 0.6) is 0 Å². The van der Waals surface area contributed by atoms with Crippen molar-refractivity contribution in [3.8, 4) is 0 Å². The number of benzene rings is 1. The van der Waals surface area contributed by atoms with Crippen LogP contribution < -0.4 is 4.90 Å². The van der Waals surface area contributed by atoms with Crippen LogP contribution in [0.25, 0.3) is 0 Å². The number of nitrogens with zero attached hydrogens (tertiary/aromatic N) is 2. The maximum absolute atomic E-state index is 13.7. The van der Waals surface area contributed by atoms with Gasteiger partial charge in [0, 0.05) is 12.6 Å². The Morgan fingerprint density at radius 1 is 0.955 bits per heavy atom. The molecule has 0 aliphatic heterocycles. The zero-order valence-electron chi connectivity index (χ0n) is 11.5. The molecule has 1 heterocycles. The number of anilines is 1. The Morgan fingerprint density at radius 3 is 2.05 bits per heavy atom. The van der Waals surface area contributed by atoms with E-state index in [0.717, 1.165) is 30.1 Å². The topological polar surface area (TPSA) is 16.1 Å². The maximum atomic E-state index is 13.7. The molecule has 2 aromatic rings. The zero-order chi connectivity index (χ0) is 16.6. The van der Waals surface area contributed by atoms with Gasteiger partial charge in [0.25, 0.3) is 11.9 Å². The summed E-state index contributed by atoms with van der Waals surface area (Å²) in [5.74, 6) is -8.67. The maximum Gasteiger partial charge on any atom is 0.253 e. The molecule has 118 valence electrons. The molecule has 0 saturated heterocycles. The quantitative estimate of drug-likeness (QED) is 0.625. The Balaban J connectivity index is 2.52. The summed E-state index contributed by atoms with van der Waals surface area (Å²) in [6.07, 6.45) is 0. The number of pyridine rings is 1. The Kier molecular flexibility index (Phi) is 4.30. The second-order valence-electron chi connectivity index (χ2n) is 4.62. The van der Waals surface area contributed by atoms with Gasteiger partial charge in [-0.2, -0.15) is 22.5 Å². The summed E-state index contributed by atoms with van der Waals surface area (Å²) >= 11 is 0. The predicted molar refractivity (Wildman–Crippen MR) is 67.2 cm³/mol.